The van der Waals surface area contributed by atoms with Crippen molar-refractivity contribution in [2.45, 2.75) is 18.0 Å². The van der Waals surface area contributed by atoms with E-state index in [9.17, 15) is 8.42 Å². The lowest BCUT2D eigenvalue weighted by molar-refractivity contribution is 0.305. The Morgan fingerprint density at radius 1 is 1.10 bits per heavy atom. The molecule has 1 aromatic heterocycles. The van der Waals surface area contributed by atoms with Crippen molar-refractivity contribution in [1.29, 1.82) is 0 Å². The van der Waals surface area contributed by atoms with Crippen molar-refractivity contribution in [2.24, 2.45) is 0 Å². The van der Waals surface area contributed by atoms with Gasteiger partial charge in [-0.3, -0.25) is 0 Å². The highest BCUT2D eigenvalue weighted by molar-refractivity contribution is 7.89. The maximum absolute atomic E-state index is 13.0. The first-order chi connectivity index (χ1) is 14.0. The lowest BCUT2D eigenvalue weighted by atomic mass is 10.3. The van der Waals surface area contributed by atoms with Gasteiger partial charge in [0.05, 0.1) is 24.2 Å². The summed E-state index contributed by atoms with van der Waals surface area (Å²) in [6.07, 6.45) is 1.56. The molecule has 0 unspecified atom stereocenters. The highest BCUT2D eigenvalue weighted by Crippen LogP contribution is 2.22. The lowest BCUT2D eigenvalue weighted by Gasteiger charge is -2.20. The smallest absolute Gasteiger partial charge is 0.243 e. The molecule has 0 N–H and O–H groups in total. The van der Waals surface area contributed by atoms with E-state index in [0.29, 0.717) is 18.1 Å². The molecule has 0 radical (unpaired) electrons. The monoisotopic (exact) mass is 430 g/mol. The van der Waals surface area contributed by atoms with E-state index in [2.05, 4.69) is 11.6 Å². The standard InChI is InChI=1S/C21H22N2O4S2/c1-3-13-23(29(24,25)20-11-9-18(26-2)10-12-20)14-17-16-28-21(22-17)15-27-19-7-5-4-6-8-19/h3-12,16H,1,13-15H2,2H3. The molecule has 0 aliphatic rings. The van der Waals surface area contributed by atoms with Crippen molar-refractivity contribution in [1.82, 2.24) is 9.29 Å². The molecule has 0 fully saturated rings. The zero-order valence-electron chi connectivity index (χ0n) is 16.0. The minimum absolute atomic E-state index is 0.155. The Labute approximate surface area is 175 Å². The maximum Gasteiger partial charge on any atom is 0.243 e. The van der Waals surface area contributed by atoms with Crippen molar-refractivity contribution in [3.8, 4) is 11.5 Å². The number of rotatable bonds is 10. The fourth-order valence-corrected chi connectivity index (χ4v) is 4.70. The van der Waals surface area contributed by atoms with Crippen molar-refractivity contribution in [3.05, 3.63) is 83.3 Å². The molecule has 0 aliphatic heterocycles. The fraction of sp³-hybridized carbons (Fsp3) is 0.190. The van der Waals surface area contributed by atoms with Crippen LogP contribution in [0.1, 0.15) is 10.7 Å². The Kier molecular flexibility index (Phi) is 7.03. The van der Waals surface area contributed by atoms with Gasteiger partial charge >= 0.3 is 0 Å². The van der Waals surface area contributed by atoms with Gasteiger partial charge in [0.1, 0.15) is 23.1 Å². The molecule has 0 aliphatic carbocycles. The van der Waals surface area contributed by atoms with Crippen LogP contribution in [0, 0.1) is 0 Å². The number of nitrogens with zero attached hydrogens (tertiary/aromatic N) is 2. The molecule has 0 amide bonds. The van der Waals surface area contributed by atoms with Gasteiger partial charge in [-0.15, -0.1) is 17.9 Å². The topological polar surface area (TPSA) is 68.7 Å². The summed E-state index contributed by atoms with van der Waals surface area (Å²) in [6.45, 7) is 4.35. The van der Waals surface area contributed by atoms with Gasteiger partial charge in [0.25, 0.3) is 0 Å². The zero-order chi connectivity index (χ0) is 20.7. The highest BCUT2D eigenvalue weighted by Gasteiger charge is 2.24. The summed E-state index contributed by atoms with van der Waals surface area (Å²) in [4.78, 5) is 4.71. The summed E-state index contributed by atoms with van der Waals surface area (Å²) in [6, 6.07) is 15.8. The van der Waals surface area contributed by atoms with Crippen LogP contribution in [0.25, 0.3) is 0 Å². The van der Waals surface area contributed by atoms with Crippen LogP contribution < -0.4 is 9.47 Å². The number of ether oxygens (including phenoxy) is 2. The Hall–Kier alpha value is -2.68. The number of hydrogen-bond acceptors (Lipinski definition) is 6. The van der Waals surface area contributed by atoms with Crippen LogP contribution >= 0.6 is 11.3 Å². The second kappa shape index (κ2) is 9.69. The van der Waals surface area contributed by atoms with Gasteiger partial charge in [0.15, 0.2) is 0 Å². The normalized spacial score (nSPS) is 11.4. The minimum atomic E-state index is -3.69. The molecule has 0 saturated carbocycles. The van der Waals surface area contributed by atoms with E-state index in [4.69, 9.17) is 9.47 Å². The Morgan fingerprint density at radius 3 is 2.48 bits per heavy atom. The van der Waals surface area contributed by atoms with Gasteiger partial charge in [0, 0.05) is 11.9 Å². The van der Waals surface area contributed by atoms with Crippen LogP contribution in [0.15, 0.2) is 77.5 Å². The second-order valence-electron chi connectivity index (χ2n) is 6.10. The number of sulfonamides is 1. The zero-order valence-corrected chi connectivity index (χ0v) is 17.7. The lowest BCUT2D eigenvalue weighted by Crippen LogP contribution is -2.31. The molecule has 29 heavy (non-hydrogen) atoms. The first-order valence-corrected chi connectivity index (χ1v) is 11.2. The quantitative estimate of drug-likeness (QED) is 0.453. The van der Waals surface area contributed by atoms with Crippen LogP contribution in [0.3, 0.4) is 0 Å². The summed E-state index contributed by atoms with van der Waals surface area (Å²) >= 11 is 1.44. The minimum Gasteiger partial charge on any atom is -0.497 e. The summed E-state index contributed by atoms with van der Waals surface area (Å²) in [7, 11) is -2.16. The third-order valence-corrected chi connectivity index (χ3v) is 6.77. The Morgan fingerprint density at radius 2 is 1.83 bits per heavy atom. The maximum atomic E-state index is 13.0. The van der Waals surface area contributed by atoms with Crippen LogP contribution in [-0.4, -0.2) is 31.4 Å². The fourth-order valence-electron chi connectivity index (χ4n) is 2.62. The average molecular weight is 431 g/mol. The van der Waals surface area contributed by atoms with E-state index in [0.717, 1.165) is 10.8 Å². The van der Waals surface area contributed by atoms with Gasteiger partial charge in [-0.05, 0) is 36.4 Å². The highest BCUT2D eigenvalue weighted by atomic mass is 32.2. The molecule has 2 aromatic carbocycles. The molecule has 0 bridgehead atoms. The average Bonchev–Trinajstić information content (AvgIpc) is 3.20. The molecular weight excluding hydrogens is 408 g/mol. The van der Waals surface area contributed by atoms with Crippen molar-refractivity contribution in [2.75, 3.05) is 13.7 Å². The molecule has 3 aromatic rings. The van der Waals surface area contributed by atoms with Crippen LogP contribution in [0.4, 0.5) is 0 Å². The number of benzene rings is 2. The number of hydrogen-bond donors (Lipinski definition) is 0. The Bertz CT molecular complexity index is 1030. The summed E-state index contributed by atoms with van der Waals surface area (Å²) in [5.41, 5.74) is 0.667. The molecule has 6 nitrogen and oxygen atoms in total. The third kappa shape index (κ3) is 5.44. The first kappa shape index (κ1) is 21.0. The number of para-hydroxylation sites is 1. The van der Waals surface area contributed by atoms with Gasteiger partial charge in [0.2, 0.25) is 10.0 Å². The molecule has 0 atom stereocenters. The second-order valence-corrected chi connectivity index (χ2v) is 8.98. The molecular formula is C21H22N2O4S2. The number of methoxy groups -OCH3 is 1. The summed E-state index contributed by atoms with van der Waals surface area (Å²) in [5, 5.41) is 2.63. The van der Waals surface area contributed by atoms with Gasteiger partial charge in [-0.1, -0.05) is 24.3 Å². The molecule has 152 valence electrons. The van der Waals surface area contributed by atoms with E-state index in [-0.39, 0.29) is 18.0 Å². The number of thiazole rings is 1. The van der Waals surface area contributed by atoms with Crippen LogP contribution in [0.5, 0.6) is 11.5 Å². The van der Waals surface area contributed by atoms with E-state index in [1.54, 1.807) is 18.2 Å². The van der Waals surface area contributed by atoms with E-state index in [1.807, 2.05) is 35.7 Å². The van der Waals surface area contributed by atoms with E-state index >= 15 is 0 Å². The van der Waals surface area contributed by atoms with Gasteiger partial charge in [-0.2, -0.15) is 4.31 Å². The van der Waals surface area contributed by atoms with Crippen molar-refractivity contribution in [3.63, 3.8) is 0 Å². The molecule has 1 heterocycles. The first-order valence-electron chi connectivity index (χ1n) is 8.89. The van der Waals surface area contributed by atoms with E-state index < -0.39 is 10.0 Å². The van der Waals surface area contributed by atoms with Crippen molar-refractivity contribution >= 4 is 21.4 Å². The SMILES string of the molecule is C=CCN(Cc1csc(COc2ccccc2)n1)S(=O)(=O)c1ccc(OC)cc1. The van der Waals surface area contributed by atoms with Crippen LogP contribution in [0.2, 0.25) is 0 Å². The van der Waals surface area contributed by atoms with Crippen molar-refractivity contribution < 1.29 is 17.9 Å². The largest absolute Gasteiger partial charge is 0.497 e. The molecule has 0 spiro atoms. The van der Waals surface area contributed by atoms with E-state index in [1.165, 1.54) is 34.9 Å². The summed E-state index contributed by atoms with van der Waals surface area (Å²) in [5.74, 6) is 1.36. The predicted molar refractivity (Wildman–Crippen MR) is 114 cm³/mol. The predicted octanol–water partition coefficient (Wildman–Crippen LogP) is 4.11. The Balaban J connectivity index is 1.71. The number of aromatic nitrogens is 1. The van der Waals surface area contributed by atoms with Gasteiger partial charge < -0.3 is 9.47 Å². The third-order valence-electron chi connectivity index (χ3n) is 4.07. The summed E-state index contributed by atoms with van der Waals surface area (Å²) < 4.78 is 38.2. The van der Waals surface area contributed by atoms with Crippen LogP contribution in [-0.2, 0) is 23.2 Å². The molecule has 8 heteroatoms. The van der Waals surface area contributed by atoms with Gasteiger partial charge in [-0.25, -0.2) is 13.4 Å². The molecule has 0 saturated heterocycles. The molecule has 3 rings (SSSR count).